The minimum atomic E-state index is -1.16. The van der Waals surface area contributed by atoms with Gasteiger partial charge in [0.15, 0.2) is 5.78 Å². The van der Waals surface area contributed by atoms with Crippen molar-refractivity contribution in [2.45, 2.75) is 6.92 Å². The number of halogens is 2. The van der Waals surface area contributed by atoms with E-state index >= 15 is 0 Å². The van der Waals surface area contributed by atoms with Crippen molar-refractivity contribution < 1.29 is 19.1 Å². The molecule has 0 fully saturated rings. The van der Waals surface area contributed by atoms with Gasteiger partial charge < -0.3 is 9.67 Å². The van der Waals surface area contributed by atoms with E-state index in [1.54, 1.807) is 0 Å². The van der Waals surface area contributed by atoms with Crippen LogP contribution < -0.4 is 0 Å². The Morgan fingerprint density at radius 3 is 2.53 bits per heavy atom. The van der Waals surface area contributed by atoms with Gasteiger partial charge in [-0.3, -0.25) is 4.79 Å². The number of carbonyl (C=O) groups excluding carboxylic acids is 1. The number of carbonyl (C=O) groups is 2. The molecule has 0 spiro atoms. The number of ketones is 1. The molecule has 6 heteroatoms. The Hall–Kier alpha value is -1.95. The maximum atomic E-state index is 13.2. The number of hydrogen-bond acceptors (Lipinski definition) is 2. The number of carboxylic acid groups (broad SMARTS) is 1. The van der Waals surface area contributed by atoms with E-state index in [1.165, 1.54) is 42.0 Å². The Morgan fingerprint density at radius 2 is 2.00 bits per heavy atom. The lowest BCUT2D eigenvalue weighted by atomic mass is 10.2. The third-order valence-electron chi connectivity index (χ3n) is 2.63. The minimum absolute atomic E-state index is 0.0521. The highest BCUT2D eigenvalue weighted by Crippen LogP contribution is 2.22. The van der Waals surface area contributed by atoms with Crippen molar-refractivity contribution >= 4 is 27.7 Å². The quantitative estimate of drug-likeness (QED) is 0.881. The van der Waals surface area contributed by atoms with Crippen molar-refractivity contribution in [1.29, 1.82) is 0 Å². The van der Waals surface area contributed by atoms with Crippen LogP contribution >= 0.6 is 15.9 Å². The third-order valence-corrected chi connectivity index (χ3v) is 3.23. The number of Topliss-reactive ketones (excluding diaryl/α,β-unsaturated/α-hetero) is 1. The number of benzene rings is 1. The van der Waals surface area contributed by atoms with Gasteiger partial charge in [-0.25, -0.2) is 9.18 Å². The SMILES string of the molecule is CC(=O)c1cc(C(=O)O)n(-c2ccc(F)c(Br)c2)c1. The Labute approximate surface area is 116 Å². The fourth-order valence-corrected chi connectivity index (χ4v) is 2.04. The molecule has 1 aromatic heterocycles. The summed E-state index contributed by atoms with van der Waals surface area (Å²) in [6.45, 7) is 1.35. The number of rotatable bonds is 3. The molecule has 1 heterocycles. The zero-order valence-corrected chi connectivity index (χ0v) is 11.4. The predicted octanol–water partition coefficient (Wildman–Crippen LogP) is 3.28. The van der Waals surface area contributed by atoms with Crippen molar-refractivity contribution in [1.82, 2.24) is 4.57 Å². The molecule has 98 valence electrons. The number of carboxylic acids is 1. The van der Waals surface area contributed by atoms with Gasteiger partial charge in [0.2, 0.25) is 0 Å². The van der Waals surface area contributed by atoms with E-state index < -0.39 is 11.8 Å². The molecular formula is C13H9BrFNO3. The molecule has 0 unspecified atom stereocenters. The Bertz CT molecular complexity index is 679. The highest BCUT2D eigenvalue weighted by molar-refractivity contribution is 9.10. The Balaban J connectivity index is 2.62. The molecule has 0 saturated heterocycles. The van der Waals surface area contributed by atoms with E-state index in [-0.39, 0.29) is 21.5 Å². The molecule has 1 aromatic carbocycles. The largest absolute Gasteiger partial charge is 0.477 e. The van der Waals surface area contributed by atoms with Crippen LogP contribution in [0.3, 0.4) is 0 Å². The normalized spacial score (nSPS) is 10.5. The zero-order valence-electron chi connectivity index (χ0n) is 9.85. The maximum absolute atomic E-state index is 13.2. The van der Waals surface area contributed by atoms with E-state index in [9.17, 15) is 14.0 Å². The van der Waals surface area contributed by atoms with Gasteiger partial charge in [-0.15, -0.1) is 0 Å². The highest BCUT2D eigenvalue weighted by Gasteiger charge is 2.16. The van der Waals surface area contributed by atoms with Gasteiger partial charge in [0.05, 0.1) is 4.47 Å². The molecule has 0 aliphatic heterocycles. The lowest BCUT2D eigenvalue weighted by Crippen LogP contribution is -2.05. The fraction of sp³-hybridized carbons (Fsp3) is 0.0769. The van der Waals surface area contributed by atoms with Crippen molar-refractivity contribution in [3.63, 3.8) is 0 Å². The first-order valence-electron chi connectivity index (χ1n) is 5.32. The lowest BCUT2D eigenvalue weighted by Gasteiger charge is -2.07. The molecule has 2 aromatic rings. The molecule has 0 aliphatic carbocycles. The summed E-state index contributed by atoms with van der Waals surface area (Å²) >= 11 is 3.04. The van der Waals surface area contributed by atoms with Gasteiger partial charge >= 0.3 is 5.97 Å². The number of aromatic carboxylic acids is 1. The first kappa shape index (κ1) is 13.5. The smallest absolute Gasteiger partial charge is 0.352 e. The molecule has 1 N–H and O–H groups in total. The summed E-state index contributed by atoms with van der Waals surface area (Å²) in [6.07, 6.45) is 1.42. The van der Waals surface area contributed by atoms with Crippen LogP contribution in [0.4, 0.5) is 4.39 Å². The third kappa shape index (κ3) is 2.58. The summed E-state index contributed by atoms with van der Waals surface area (Å²) in [5, 5.41) is 9.13. The second kappa shape index (κ2) is 4.97. The van der Waals surface area contributed by atoms with Crippen LogP contribution in [-0.2, 0) is 0 Å². The van der Waals surface area contributed by atoms with Crippen LogP contribution in [0.2, 0.25) is 0 Å². The molecular weight excluding hydrogens is 317 g/mol. The number of nitrogens with zero attached hydrogens (tertiary/aromatic N) is 1. The van der Waals surface area contributed by atoms with Crippen LogP contribution in [0.25, 0.3) is 5.69 Å². The average Bonchev–Trinajstić information content (AvgIpc) is 2.78. The molecule has 0 bridgehead atoms. The van der Waals surface area contributed by atoms with Crippen LogP contribution in [-0.4, -0.2) is 21.4 Å². The van der Waals surface area contributed by atoms with Crippen molar-refractivity contribution in [3.05, 3.63) is 52.0 Å². The molecule has 4 nitrogen and oxygen atoms in total. The predicted molar refractivity (Wildman–Crippen MR) is 70.4 cm³/mol. The first-order valence-corrected chi connectivity index (χ1v) is 6.11. The van der Waals surface area contributed by atoms with Gasteiger partial charge in [0.1, 0.15) is 11.5 Å². The van der Waals surface area contributed by atoms with Gasteiger partial charge in [-0.1, -0.05) is 0 Å². The van der Waals surface area contributed by atoms with Gasteiger partial charge in [0, 0.05) is 17.4 Å². The van der Waals surface area contributed by atoms with Crippen molar-refractivity contribution in [3.8, 4) is 5.69 Å². The molecule has 0 saturated carbocycles. The summed E-state index contributed by atoms with van der Waals surface area (Å²) < 4.78 is 14.7. The van der Waals surface area contributed by atoms with E-state index in [4.69, 9.17) is 5.11 Å². The zero-order chi connectivity index (χ0) is 14.2. The summed E-state index contributed by atoms with van der Waals surface area (Å²) in [7, 11) is 0. The Kier molecular flexibility index (Phi) is 3.53. The second-order valence-corrected chi connectivity index (χ2v) is 4.80. The van der Waals surface area contributed by atoms with E-state index in [2.05, 4.69) is 15.9 Å². The second-order valence-electron chi connectivity index (χ2n) is 3.94. The van der Waals surface area contributed by atoms with E-state index in [0.29, 0.717) is 5.69 Å². The van der Waals surface area contributed by atoms with Crippen LogP contribution in [0.1, 0.15) is 27.8 Å². The fourth-order valence-electron chi connectivity index (χ4n) is 1.67. The van der Waals surface area contributed by atoms with Crippen LogP contribution in [0, 0.1) is 5.82 Å². The summed E-state index contributed by atoms with van der Waals surface area (Å²) in [5.41, 5.74) is 0.694. The number of hydrogen-bond donors (Lipinski definition) is 1. The maximum Gasteiger partial charge on any atom is 0.352 e. The first-order chi connectivity index (χ1) is 8.90. The highest BCUT2D eigenvalue weighted by atomic mass is 79.9. The molecule has 0 amide bonds. The van der Waals surface area contributed by atoms with Crippen LogP contribution in [0.5, 0.6) is 0 Å². The van der Waals surface area contributed by atoms with E-state index in [0.717, 1.165) is 0 Å². The number of aromatic nitrogens is 1. The molecule has 2 rings (SSSR count). The van der Waals surface area contributed by atoms with Gasteiger partial charge in [-0.05, 0) is 47.1 Å². The summed E-state index contributed by atoms with van der Waals surface area (Å²) in [5.74, 6) is -1.84. The minimum Gasteiger partial charge on any atom is -0.477 e. The van der Waals surface area contributed by atoms with Gasteiger partial charge in [-0.2, -0.15) is 0 Å². The lowest BCUT2D eigenvalue weighted by molar-refractivity contribution is 0.0688. The van der Waals surface area contributed by atoms with E-state index in [1.807, 2.05) is 0 Å². The molecule has 0 atom stereocenters. The standard InChI is InChI=1S/C13H9BrFNO3/c1-7(17)8-4-12(13(18)19)16(6-8)9-2-3-11(15)10(14)5-9/h2-6H,1H3,(H,18,19). The summed E-state index contributed by atoms with van der Waals surface area (Å²) in [4.78, 5) is 22.5. The van der Waals surface area contributed by atoms with Gasteiger partial charge in [0.25, 0.3) is 0 Å². The Morgan fingerprint density at radius 1 is 1.32 bits per heavy atom. The van der Waals surface area contributed by atoms with Crippen LogP contribution in [0.15, 0.2) is 34.9 Å². The average molecular weight is 326 g/mol. The molecule has 0 aliphatic rings. The molecule has 0 radical (unpaired) electrons. The topological polar surface area (TPSA) is 59.3 Å². The monoisotopic (exact) mass is 325 g/mol. The summed E-state index contributed by atoms with van der Waals surface area (Å²) in [6, 6.07) is 5.41. The molecule has 19 heavy (non-hydrogen) atoms. The van der Waals surface area contributed by atoms with Crippen molar-refractivity contribution in [2.24, 2.45) is 0 Å². The van der Waals surface area contributed by atoms with Crippen molar-refractivity contribution in [2.75, 3.05) is 0 Å².